The van der Waals surface area contributed by atoms with Gasteiger partial charge in [-0.05, 0) is 58.5 Å². The molecule has 1 fully saturated rings. The molecule has 2 unspecified atom stereocenters. The monoisotopic (exact) mass is 240 g/mol. The van der Waals surface area contributed by atoms with Crippen LogP contribution in [0.4, 0.5) is 0 Å². The van der Waals surface area contributed by atoms with Crippen LogP contribution < -0.4 is 5.32 Å². The number of likely N-dealkylation sites (N-methyl/N-ethyl adjacent to an activating group) is 2. The van der Waals surface area contributed by atoms with Gasteiger partial charge < -0.3 is 5.32 Å². The lowest BCUT2D eigenvalue weighted by molar-refractivity contribution is 0.0875. The van der Waals surface area contributed by atoms with Crippen LogP contribution in [0.5, 0.6) is 0 Å². The Bertz CT molecular complexity index is 215. The van der Waals surface area contributed by atoms with Crippen molar-refractivity contribution in [3.8, 4) is 0 Å². The highest BCUT2D eigenvalue weighted by Crippen LogP contribution is 2.37. The standard InChI is InChI=1S/C15H32N2/c1-7-16-12(2)13(3)17(6)14-8-10-15(4,5)11-9-14/h12-14,16H,7-11H2,1-6H3. The van der Waals surface area contributed by atoms with Crippen LogP contribution in [0.3, 0.4) is 0 Å². The first-order valence-corrected chi connectivity index (χ1v) is 7.32. The summed E-state index contributed by atoms with van der Waals surface area (Å²) in [4.78, 5) is 2.60. The van der Waals surface area contributed by atoms with Gasteiger partial charge in [0.05, 0.1) is 0 Å². The normalized spacial score (nSPS) is 24.9. The molecule has 1 N–H and O–H groups in total. The SMILES string of the molecule is CCNC(C)C(C)N(C)C1CCC(C)(C)CC1. The van der Waals surface area contributed by atoms with Crippen LogP contribution in [0.15, 0.2) is 0 Å². The highest BCUT2D eigenvalue weighted by Gasteiger charge is 2.31. The molecule has 102 valence electrons. The lowest BCUT2D eigenvalue weighted by Gasteiger charge is -2.42. The van der Waals surface area contributed by atoms with Gasteiger partial charge in [-0.15, -0.1) is 0 Å². The molecule has 2 nitrogen and oxygen atoms in total. The minimum atomic E-state index is 0.577. The van der Waals surface area contributed by atoms with E-state index in [-0.39, 0.29) is 0 Å². The van der Waals surface area contributed by atoms with Gasteiger partial charge in [0.25, 0.3) is 0 Å². The fourth-order valence-corrected chi connectivity index (χ4v) is 2.97. The Morgan fingerprint density at radius 3 is 2.24 bits per heavy atom. The van der Waals surface area contributed by atoms with Crippen molar-refractivity contribution in [2.24, 2.45) is 5.41 Å². The molecule has 0 radical (unpaired) electrons. The second-order valence-electron chi connectivity index (χ2n) is 6.65. The summed E-state index contributed by atoms with van der Waals surface area (Å²) in [5.41, 5.74) is 0.577. The molecule has 0 aromatic heterocycles. The van der Waals surface area contributed by atoms with Gasteiger partial charge in [-0.25, -0.2) is 0 Å². The molecule has 17 heavy (non-hydrogen) atoms. The fraction of sp³-hybridized carbons (Fsp3) is 1.00. The Kier molecular flexibility index (Phi) is 5.46. The van der Waals surface area contributed by atoms with Crippen LogP contribution in [0.25, 0.3) is 0 Å². The molecule has 0 aromatic carbocycles. The summed E-state index contributed by atoms with van der Waals surface area (Å²) in [5.74, 6) is 0. The topological polar surface area (TPSA) is 15.3 Å². The first-order valence-electron chi connectivity index (χ1n) is 7.32. The Balaban J connectivity index is 2.45. The number of hydrogen-bond acceptors (Lipinski definition) is 2. The molecule has 1 aliphatic carbocycles. The summed E-state index contributed by atoms with van der Waals surface area (Å²) in [7, 11) is 2.31. The van der Waals surface area contributed by atoms with Crippen LogP contribution in [-0.2, 0) is 0 Å². The Labute approximate surface area is 108 Å². The molecule has 2 atom stereocenters. The third-order valence-electron chi connectivity index (χ3n) is 4.78. The van der Waals surface area contributed by atoms with Crippen molar-refractivity contribution in [2.75, 3.05) is 13.6 Å². The second kappa shape index (κ2) is 6.19. The number of nitrogens with zero attached hydrogens (tertiary/aromatic N) is 1. The third kappa shape index (κ3) is 4.26. The van der Waals surface area contributed by atoms with Crippen molar-refractivity contribution in [3.63, 3.8) is 0 Å². The van der Waals surface area contributed by atoms with Crippen molar-refractivity contribution < 1.29 is 0 Å². The third-order valence-corrected chi connectivity index (χ3v) is 4.78. The molecule has 0 saturated heterocycles. The molecule has 0 bridgehead atoms. The van der Waals surface area contributed by atoms with Gasteiger partial charge in [0, 0.05) is 18.1 Å². The predicted octanol–water partition coefficient (Wildman–Crippen LogP) is 3.27. The van der Waals surface area contributed by atoms with Crippen molar-refractivity contribution in [2.45, 2.75) is 78.4 Å². The van der Waals surface area contributed by atoms with Gasteiger partial charge in [-0.1, -0.05) is 20.8 Å². The minimum Gasteiger partial charge on any atom is -0.313 e. The van der Waals surface area contributed by atoms with Gasteiger partial charge >= 0.3 is 0 Å². The maximum atomic E-state index is 3.54. The molecule has 1 rings (SSSR count). The zero-order chi connectivity index (χ0) is 13.1. The zero-order valence-corrected chi connectivity index (χ0v) is 12.7. The molecule has 0 amide bonds. The fourth-order valence-electron chi connectivity index (χ4n) is 2.97. The highest BCUT2D eigenvalue weighted by atomic mass is 15.2. The van der Waals surface area contributed by atoms with E-state index in [0.717, 1.165) is 12.6 Å². The van der Waals surface area contributed by atoms with Crippen molar-refractivity contribution in [1.29, 1.82) is 0 Å². The lowest BCUT2D eigenvalue weighted by atomic mass is 9.75. The number of rotatable bonds is 5. The predicted molar refractivity (Wildman–Crippen MR) is 76.4 cm³/mol. The summed E-state index contributed by atoms with van der Waals surface area (Å²) in [6.45, 7) is 12.7. The van der Waals surface area contributed by atoms with Crippen molar-refractivity contribution in [3.05, 3.63) is 0 Å². The molecule has 0 heterocycles. The molecule has 0 spiro atoms. The average Bonchev–Trinajstić information content (AvgIpc) is 2.27. The van der Waals surface area contributed by atoms with Gasteiger partial charge in [-0.3, -0.25) is 4.90 Å². The van der Waals surface area contributed by atoms with Gasteiger partial charge in [0.15, 0.2) is 0 Å². The van der Waals surface area contributed by atoms with E-state index in [1.807, 2.05) is 0 Å². The molecule has 0 aliphatic heterocycles. The summed E-state index contributed by atoms with van der Waals surface area (Å²) >= 11 is 0. The molecular formula is C15H32N2. The van der Waals surface area contributed by atoms with Gasteiger partial charge in [0.1, 0.15) is 0 Å². The van der Waals surface area contributed by atoms with Crippen LogP contribution in [0, 0.1) is 5.41 Å². The average molecular weight is 240 g/mol. The van der Waals surface area contributed by atoms with E-state index in [2.05, 4.69) is 51.9 Å². The zero-order valence-electron chi connectivity index (χ0n) is 12.7. The molecule has 1 saturated carbocycles. The molecule has 2 heteroatoms. The number of nitrogens with one attached hydrogen (secondary N) is 1. The first kappa shape index (κ1) is 15.0. The van der Waals surface area contributed by atoms with E-state index < -0.39 is 0 Å². The van der Waals surface area contributed by atoms with Crippen LogP contribution in [-0.4, -0.2) is 36.6 Å². The maximum Gasteiger partial charge on any atom is 0.0218 e. The Morgan fingerprint density at radius 1 is 1.24 bits per heavy atom. The minimum absolute atomic E-state index is 0.577. The first-order chi connectivity index (χ1) is 7.87. The molecular weight excluding hydrogens is 208 g/mol. The van der Waals surface area contributed by atoms with E-state index in [9.17, 15) is 0 Å². The summed E-state index contributed by atoms with van der Waals surface area (Å²) in [6.07, 6.45) is 5.49. The smallest absolute Gasteiger partial charge is 0.0218 e. The Hall–Kier alpha value is -0.0800. The summed E-state index contributed by atoms with van der Waals surface area (Å²) in [5, 5.41) is 3.54. The van der Waals surface area contributed by atoms with Crippen molar-refractivity contribution >= 4 is 0 Å². The van der Waals surface area contributed by atoms with Crippen LogP contribution in [0.1, 0.15) is 60.3 Å². The quantitative estimate of drug-likeness (QED) is 0.793. The van der Waals surface area contributed by atoms with E-state index in [1.54, 1.807) is 0 Å². The number of hydrogen-bond donors (Lipinski definition) is 1. The van der Waals surface area contributed by atoms with Gasteiger partial charge in [0.2, 0.25) is 0 Å². The Morgan fingerprint density at radius 2 is 1.76 bits per heavy atom. The molecule has 1 aliphatic rings. The largest absolute Gasteiger partial charge is 0.313 e. The summed E-state index contributed by atoms with van der Waals surface area (Å²) < 4.78 is 0. The van der Waals surface area contributed by atoms with Crippen molar-refractivity contribution in [1.82, 2.24) is 10.2 Å². The second-order valence-corrected chi connectivity index (χ2v) is 6.65. The van der Waals surface area contributed by atoms with Crippen LogP contribution in [0.2, 0.25) is 0 Å². The highest BCUT2D eigenvalue weighted by molar-refractivity contribution is 4.86. The maximum absolute atomic E-state index is 3.54. The van der Waals surface area contributed by atoms with E-state index in [1.165, 1.54) is 25.7 Å². The summed E-state index contributed by atoms with van der Waals surface area (Å²) in [6, 6.07) is 2.00. The molecule has 0 aromatic rings. The van der Waals surface area contributed by atoms with E-state index >= 15 is 0 Å². The van der Waals surface area contributed by atoms with E-state index in [0.29, 0.717) is 17.5 Å². The van der Waals surface area contributed by atoms with E-state index in [4.69, 9.17) is 0 Å². The van der Waals surface area contributed by atoms with Crippen LogP contribution >= 0.6 is 0 Å². The van der Waals surface area contributed by atoms with Gasteiger partial charge in [-0.2, -0.15) is 0 Å². The lowest BCUT2D eigenvalue weighted by Crippen LogP contribution is -2.50.